The van der Waals surface area contributed by atoms with Crippen LogP contribution >= 0.6 is 24.0 Å². The molecular formula is C19H32IN5O. The zero-order valence-corrected chi connectivity index (χ0v) is 18.4. The summed E-state index contributed by atoms with van der Waals surface area (Å²) in [5.74, 6) is 1.38. The minimum absolute atomic E-state index is 0. The molecule has 0 spiro atoms. The second kappa shape index (κ2) is 12.0. The quantitative estimate of drug-likeness (QED) is 0.336. The smallest absolute Gasteiger partial charge is 0.321 e. The van der Waals surface area contributed by atoms with Gasteiger partial charge < -0.3 is 20.9 Å². The molecule has 1 aliphatic heterocycles. The van der Waals surface area contributed by atoms with Gasteiger partial charge >= 0.3 is 6.03 Å². The summed E-state index contributed by atoms with van der Waals surface area (Å²) in [5.41, 5.74) is 1.89. The van der Waals surface area contributed by atoms with E-state index >= 15 is 0 Å². The number of aliphatic imine (C=N–C) groups is 1. The van der Waals surface area contributed by atoms with Gasteiger partial charge in [0.15, 0.2) is 5.96 Å². The van der Waals surface area contributed by atoms with Crippen molar-refractivity contribution >= 4 is 41.7 Å². The Labute approximate surface area is 174 Å². The highest BCUT2D eigenvalue weighted by Gasteiger charge is 2.17. The van der Waals surface area contributed by atoms with Crippen molar-refractivity contribution in [1.29, 1.82) is 0 Å². The summed E-state index contributed by atoms with van der Waals surface area (Å²) in [4.78, 5) is 18.7. The van der Waals surface area contributed by atoms with Crippen LogP contribution in [0.15, 0.2) is 29.3 Å². The molecule has 1 aromatic carbocycles. The standard InChI is InChI=1S/C19H31N5O.HI/c1-4-20-18(21-13-15(2)3)22-14-16-8-7-9-17(12-16)23-19(25)24-10-5-6-11-24;/h7-9,12,15H,4-6,10-11,13-14H2,1-3H3,(H,23,25)(H2,20,21,22);1H. The second-order valence-corrected chi connectivity index (χ2v) is 6.79. The number of urea groups is 1. The van der Waals surface area contributed by atoms with Crippen LogP contribution in [0.3, 0.4) is 0 Å². The number of guanidine groups is 1. The molecule has 7 heteroatoms. The average molecular weight is 473 g/mol. The van der Waals surface area contributed by atoms with Crippen LogP contribution in [-0.4, -0.2) is 43.1 Å². The van der Waals surface area contributed by atoms with Crippen molar-refractivity contribution in [1.82, 2.24) is 15.5 Å². The first-order valence-electron chi connectivity index (χ1n) is 9.25. The molecule has 0 saturated carbocycles. The van der Waals surface area contributed by atoms with Gasteiger partial charge in [0.2, 0.25) is 0 Å². The Kier molecular flexibility index (Phi) is 10.4. The van der Waals surface area contributed by atoms with E-state index in [0.29, 0.717) is 12.5 Å². The van der Waals surface area contributed by atoms with Crippen molar-refractivity contribution < 1.29 is 4.79 Å². The minimum Gasteiger partial charge on any atom is -0.357 e. The van der Waals surface area contributed by atoms with Crippen LogP contribution in [0.25, 0.3) is 0 Å². The van der Waals surface area contributed by atoms with Crippen molar-refractivity contribution in [2.75, 3.05) is 31.5 Å². The number of carbonyl (C=O) groups is 1. The van der Waals surface area contributed by atoms with Gasteiger partial charge in [-0.1, -0.05) is 26.0 Å². The Morgan fingerprint density at radius 3 is 2.62 bits per heavy atom. The number of carbonyl (C=O) groups excluding carboxylic acids is 1. The monoisotopic (exact) mass is 473 g/mol. The lowest BCUT2D eigenvalue weighted by Crippen LogP contribution is -2.39. The number of hydrogen-bond donors (Lipinski definition) is 3. The SMILES string of the molecule is CCNC(=NCc1cccc(NC(=O)N2CCCC2)c1)NCC(C)C.I. The summed E-state index contributed by atoms with van der Waals surface area (Å²) in [6.45, 7) is 10.4. The van der Waals surface area contributed by atoms with Crippen molar-refractivity contribution in [2.24, 2.45) is 10.9 Å². The summed E-state index contributed by atoms with van der Waals surface area (Å²) in [5, 5.41) is 9.58. The number of halogens is 1. The lowest BCUT2D eigenvalue weighted by molar-refractivity contribution is 0.222. The Morgan fingerprint density at radius 1 is 1.23 bits per heavy atom. The number of rotatable bonds is 6. The van der Waals surface area contributed by atoms with Crippen LogP contribution in [0, 0.1) is 5.92 Å². The highest BCUT2D eigenvalue weighted by molar-refractivity contribution is 14.0. The number of likely N-dealkylation sites (tertiary alicyclic amines) is 1. The number of nitrogens with zero attached hydrogens (tertiary/aromatic N) is 2. The van der Waals surface area contributed by atoms with Gasteiger partial charge in [-0.05, 0) is 43.4 Å². The second-order valence-electron chi connectivity index (χ2n) is 6.79. The average Bonchev–Trinajstić information content (AvgIpc) is 3.12. The van der Waals surface area contributed by atoms with Crippen LogP contribution in [0.1, 0.15) is 39.2 Å². The van der Waals surface area contributed by atoms with Crippen LogP contribution in [0.5, 0.6) is 0 Å². The minimum atomic E-state index is -0.00918. The molecule has 0 radical (unpaired) electrons. The third-order valence-electron chi connectivity index (χ3n) is 4.01. The maximum atomic E-state index is 12.2. The fourth-order valence-electron chi connectivity index (χ4n) is 2.68. The van der Waals surface area contributed by atoms with E-state index in [4.69, 9.17) is 0 Å². The van der Waals surface area contributed by atoms with E-state index in [0.717, 1.165) is 56.2 Å². The van der Waals surface area contributed by atoms with E-state index in [1.54, 1.807) is 0 Å². The fraction of sp³-hybridized carbons (Fsp3) is 0.579. The predicted molar refractivity (Wildman–Crippen MR) is 119 cm³/mol. The van der Waals surface area contributed by atoms with Gasteiger partial charge in [-0.15, -0.1) is 24.0 Å². The highest BCUT2D eigenvalue weighted by atomic mass is 127. The molecule has 1 aromatic rings. The topological polar surface area (TPSA) is 68.8 Å². The molecule has 146 valence electrons. The van der Waals surface area contributed by atoms with E-state index in [1.807, 2.05) is 29.2 Å². The third kappa shape index (κ3) is 7.80. The molecule has 0 aliphatic carbocycles. The Morgan fingerprint density at radius 2 is 1.96 bits per heavy atom. The van der Waals surface area contributed by atoms with E-state index < -0.39 is 0 Å². The molecule has 0 atom stereocenters. The number of anilines is 1. The lowest BCUT2D eigenvalue weighted by Gasteiger charge is -2.16. The van der Waals surface area contributed by atoms with E-state index in [-0.39, 0.29) is 30.0 Å². The van der Waals surface area contributed by atoms with Gasteiger partial charge in [0.1, 0.15) is 0 Å². The third-order valence-corrected chi connectivity index (χ3v) is 4.01. The van der Waals surface area contributed by atoms with Gasteiger partial charge in [0.05, 0.1) is 6.54 Å². The van der Waals surface area contributed by atoms with Gasteiger partial charge in [0.25, 0.3) is 0 Å². The number of benzene rings is 1. The number of amides is 2. The van der Waals surface area contributed by atoms with Gasteiger partial charge in [-0.3, -0.25) is 0 Å². The largest absolute Gasteiger partial charge is 0.357 e. The van der Waals surface area contributed by atoms with Crippen molar-refractivity contribution in [3.05, 3.63) is 29.8 Å². The van der Waals surface area contributed by atoms with Gasteiger partial charge in [-0.2, -0.15) is 0 Å². The molecule has 1 aliphatic rings. The van der Waals surface area contributed by atoms with Crippen molar-refractivity contribution in [2.45, 2.75) is 40.2 Å². The normalized spacial score (nSPS) is 14.2. The Balaban J connectivity index is 0.00000338. The summed E-state index contributed by atoms with van der Waals surface area (Å²) >= 11 is 0. The molecular weight excluding hydrogens is 441 g/mol. The number of nitrogens with one attached hydrogen (secondary N) is 3. The first kappa shape index (κ1) is 22.5. The van der Waals surface area contributed by atoms with Crippen molar-refractivity contribution in [3.8, 4) is 0 Å². The summed E-state index contributed by atoms with van der Waals surface area (Å²) < 4.78 is 0. The first-order chi connectivity index (χ1) is 12.1. The van der Waals surface area contributed by atoms with E-state index in [1.165, 1.54) is 0 Å². The molecule has 1 heterocycles. The van der Waals surface area contributed by atoms with E-state index in [9.17, 15) is 4.79 Å². The highest BCUT2D eigenvalue weighted by Crippen LogP contribution is 2.14. The molecule has 2 amide bonds. The van der Waals surface area contributed by atoms with Crippen LogP contribution in [0.4, 0.5) is 10.5 Å². The molecule has 6 nitrogen and oxygen atoms in total. The van der Waals surface area contributed by atoms with Crippen molar-refractivity contribution in [3.63, 3.8) is 0 Å². The first-order valence-corrected chi connectivity index (χ1v) is 9.25. The van der Waals surface area contributed by atoms with Gasteiger partial charge in [-0.25, -0.2) is 9.79 Å². The zero-order chi connectivity index (χ0) is 18.1. The maximum absolute atomic E-state index is 12.2. The molecule has 1 fully saturated rings. The van der Waals surface area contributed by atoms with Crippen LogP contribution in [-0.2, 0) is 6.54 Å². The predicted octanol–water partition coefficient (Wildman–Crippen LogP) is 3.64. The van der Waals surface area contributed by atoms with Crippen LogP contribution in [0.2, 0.25) is 0 Å². The summed E-state index contributed by atoms with van der Waals surface area (Å²) in [6, 6.07) is 7.89. The number of hydrogen-bond acceptors (Lipinski definition) is 2. The fourth-order valence-corrected chi connectivity index (χ4v) is 2.68. The maximum Gasteiger partial charge on any atom is 0.321 e. The lowest BCUT2D eigenvalue weighted by atomic mass is 10.2. The molecule has 26 heavy (non-hydrogen) atoms. The molecule has 0 unspecified atom stereocenters. The van der Waals surface area contributed by atoms with E-state index in [2.05, 4.69) is 41.7 Å². The molecule has 3 N–H and O–H groups in total. The summed E-state index contributed by atoms with van der Waals surface area (Å²) in [6.07, 6.45) is 2.19. The van der Waals surface area contributed by atoms with Gasteiger partial charge in [0, 0.05) is 31.9 Å². The molecule has 2 rings (SSSR count). The Bertz CT molecular complexity index is 585. The zero-order valence-electron chi connectivity index (χ0n) is 16.0. The Hall–Kier alpha value is -1.51. The molecule has 0 bridgehead atoms. The summed E-state index contributed by atoms with van der Waals surface area (Å²) in [7, 11) is 0. The van der Waals surface area contributed by atoms with Crippen LogP contribution < -0.4 is 16.0 Å². The molecule has 1 saturated heterocycles. The molecule has 0 aromatic heterocycles.